The smallest absolute Gasteiger partial charge is 0.00923 e. The lowest BCUT2D eigenvalue weighted by Gasteiger charge is -2.26. The third kappa shape index (κ3) is 4.20. The lowest BCUT2D eigenvalue weighted by Crippen LogP contribution is -1.99. The van der Waals surface area contributed by atoms with Gasteiger partial charge >= 0.3 is 0 Å². The highest BCUT2D eigenvalue weighted by Crippen LogP contribution is 2.50. The third-order valence-corrected chi connectivity index (χ3v) is 7.30. The molecule has 0 atom stereocenters. The number of unbranched alkanes of at least 4 members (excludes halogenated alkanes) is 6. The SMILES string of the molecule is CCCCCCc1ccc2cc3c(cc2c1)-c1cc2ccc(CCCCCC)cc2cc1-3. The van der Waals surface area contributed by atoms with E-state index in [1.807, 2.05) is 0 Å². The maximum absolute atomic E-state index is 2.43. The van der Waals surface area contributed by atoms with Crippen LogP contribution in [0, 0.1) is 0 Å². The summed E-state index contributed by atoms with van der Waals surface area (Å²) in [6, 6.07) is 23.9. The number of fused-ring (bicyclic) bond motifs is 6. The second-order valence-electron chi connectivity index (χ2n) is 9.78. The first-order chi connectivity index (χ1) is 15.8. The van der Waals surface area contributed by atoms with Gasteiger partial charge in [0.1, 0.15) is 0 Å². The fraction of sp³-hybridized carbons (Fsp3) is 0.375. The van der Waals surface area contributed by atoms with Crippen LogP contribution in [-0.2, 0) is 12.8 Å². The molecular weight excluding hydrogens is 384 g/mol. The molecule has 0 saturated heterocycles. The molecule has 0 radical (unpaired) electrons. The number of hydrogen-bond donors (Lipinski definition) is 0. The molecule has 164 valence electrons. The normalized spacial score (nSPS) is 12.1. The molecule has 4 aromatic carbocycles. The standard InChI is InChI=1S/C32H36/c1-3-5-7-9-11-23-13-15-25-19-29-31(21-27(25)17-23)30-20-26-16-14-24(12-10-8-6-4-2)18-28(26)22-32(29)30/h13-22H,3-12H2,1-2H3. The lowest BCUT2D eigenvalue weighted by atomic mass is 9.77. The van der Waals surface area contributed by atoms with Crippen LogP contribution in [0.1, 0.15) is 76.3 Å². The van der Waals surface area contributed by atoms with Gasteiger partial charge in [-0.15, -0.1) is 0 Å². The van der Waals surface area contributed by atoms with Crippen molar-refractivity contribution < 1.29 is 0 Å². The third-order valence-electron chi connectivity index (χ3n) is 7.30. The average molecular weight is 421 g/mol. The zero-order valence-electron chi connectivity index (χ0n) is 19.8. The van der Waals surface area contributed by atoms with Crippen LogP contribution < -0.4 is 0 Å². The first kappa shape index (κ1) is 21.3. The summed E-state index contributed by atoms with van der Waals surface area (Å²) >= 11 is 0. The van der Waals surface area contributed by atoms with Crippen LogP contribution in [0.3, 0.4) is 0 Å². The minimum atomic E-state index is 1.20. The molecule has 0 heterocycles. The summed E-state index contributed by atoms with van der Waals surface area (Å²) in [5, 5.41) is 5.53. The quantitative estimate of drug-likeness (QED) is 0.197. The molecule has 0 heteroatoms. The van der Waals surface area contributed by atoms with Gasteiger partial charge in [-0.25, -0.2) is 0 Å². The van der Waals surface area contributed by atoms with Gasteiger partial charge in [0.25, 0.3) is 0 Å². The van der Waals surface area contributed by atoms with Gasteiger partial charge in [-0.2, -0.15) is 0 Å². The Kier molecular flexibility index (Phi) is 6.30. The van der Waals surface area contributed by atoms with Crippen molar-refractivity contribution in [2.75, 3.05) is 0 Å². The van der Waals surface area contributed by atoms with Gasteiger partial charge in [-0.05, 0) is 105 Å². The minimum Gasteiger partial charge on any atom is -0.0654 e. The fourth-order valence-electron chi connectivity index (χ4n) is 5.35. The van der Waals surface area contributed by atoms with Gasteiger partial charge in [-0.1, -0.05) is 88.8 Å². The van der Waals surface area contributed by atoms with Crippen molar-refractivity contribution in [3.05, 3.63) is 71.8 Å². The molecule has 0 amide bonds. The molecular formula is C32H36. The summed E-state index contributed by atoms with van der Waals surface area (Å²) < 4.78 is 0. The van der Waals surface area contributed by atoms with Gasteiger partial charge in [0.2, 0.25) is 0 Å². The second kappa shape index (κ2) is 9.49. The Labute approximate surface area is 193 Å². The number of benzene rings is 4. The van der Waals surface area contributed by atoms with Crippen molar-refractivity contribution in [3.63, 3.8) is 0 Å². The molecule has 4 aromatic rings. The molecule has 1 aliphatic carbocycles. The molecule has 32 heavy (non-hydrogen) atoms. The molecule has 0 unspecified atom stereocenters. The summed E-state index contributed by atoms with van der Waals surface area (Å²) in [5.74, 6) is 0. The van der Waals surface area contributed by atoms with E-state index in [9.17, 15) is 0 Å². The van der Waals surface area contributed by atoms with E-state index in [0.717, 1.165) is 0 Å². The Balaban J connectivity index is 1.39. The van der Waals surface area contributed by atoms with Crippen LogP contribution in [0.4, 0.5) is 0 Å². The first-order valence-electron chi connectivity index (χ1n) is 12.9. The summed E-state index contributed by atoms with van der Waals surface area (Å²) in [6.45, 7) is 4.56. The number of aryl methyl sites for hydroxylation is 2. The first-order valence-corrected chi connectivity index (χ1v) is 12.9. The zero-order chi connectivity index (χ0) is 21.9. The van der Waals surface area contributed by atoms with Crippen molar-refractivity contribution in [1.29, 1.82) is 0 Å². The molecule has 0 spiro atoms. The summed E-state index contributed by atoms with van der Waals surface area (Å²) in [6.07, 6.45) is 13.0. The van der Waals surface area contributed by atoms with Crippen molar-refractivity contribution in [2.45, 2.75) is 78.1 Å². The Morgan fingerprint density at radius 1 is 0.406 bits per heavy atom. The van der Waals surface area contributed by atoms with Crippen molar-refractivity contribution >= 4 is 21.5 Å². The van der Waals surface area contributed by atoms with E-state index in [2.05, 4.69) is 74.5 Å². The Morgan fingerprint density at radius 2 is 0.812 bits per heavy atom. The molecule has 5 rings (SSSR count). The molecule has 0 fully saturated rings. The second-order valence-corrected chi connectivity index (χ2v) is 9.78. The molecule has 0 saturated carbocycles. The van der Waals surface area contributed by atoms with Gasteiger partial charge in [0, 0.05) is 0 Å². The predicted molar refractivity (Wildman–Crippen MR) is 142 cm³/mol. The monoisotopic (exact) mass is 420 g/mol. The average Bonchev–Trinajstić information content (AvgIpc) is 2.82. The number of rotatable bonds is 10. The highest BCUT2D eigenvalue weighted by molar-refractivity contribution is 6.11. The van der Waals surface area contributed by atoms with Gasteiger partial charge in [0.15, 0.2) is 0 Å². The van der Waals surface area contributed by atoms with Crippen molar-refractivity contribution in [1.82, 2.24) is 0 Å². The van der Waals surface area contributed by atoms with E-state index < -0.39 is 0 Å². The Morgan fingerprint density at radius 3 is 1.22 bits per heavy atom. The van der Waals surface area contributed by atoms with Crippen LogP contribution in [0.5, 0.6) is 0 Å². The van der Waals surface area contributed by atoms with Crippen LogP contribution in [0.15, 0.2) is 60.7 Å². The van der Waals surface area contributed by atoms with E-state index in [4.69, 9.17) is 0 Å². The lowest BCUT2D eigenvalue weighted by molar-refractivity contribution is 0.667. The zero-order valence-corrected chi connectivity index (χ0v) is 19.8. The highest BCUT2D eigenvalue weighted by Gasteiger charge is 2.23. The van der Waals surface area contributed by atoms with Crippen molar-refractivity contribution in [2.24, 2.45) is 0 Å². The predicted octanol–water partition coefficient (Wildman–Crippen LogP) is 9.89. The van der Waals surface area contributed by atoms with Crippen LogP contribution in [0.25, 0.3) is 43.8 Å². The van der Waals surface area contributed by atoms with Crippen LogP contribution in [0.2, 0.25) is 0 Å². The highest BCUT2D eigenvalue weighted by atomic mass is 14.3. The molecule has 0 aromatic heterocycles. The fourth-order valence-corrected chi connectivity index (χ4v) is 5.35. The van der Waals surface area contributed by atoms with E-state index >= 15 is 0 Å². The van der Waals surface area contributed by atoms with Crippen molar-refractivity contribution in [3.8, 4) is 22.3 Å². The molecule has 0 bridgehead atoms. The molecule has 0 aliphatic heterocycles. The Hall–Kier alpha value is -2.60. The summed E-state index contributed by atoms with van der Waals surface area (Å²) in [4.78, 5) is 0. The van der Waals surface area contributed by atoms with Crippen LogP contribution >= 0.6 is 0 Å². The number of hydrogen-bond acceptors (Lipinski definition) is 0. The minimum absolute atomic E-state index is 1.20. The van der Waals surface area contributed by atoms with Crippen LogP contribution in [-0.4, -0.2) is 0 Å². The molecule has 1 aliphatic rings. The molecule has 0 N–H and O–H groups in total. The largest absolute Gasteiger partial charge is 0.0654 e. The van der Waals surface area contributed by atoms with E-state index in [1.165, 1.54) is 119 Å². The van der Waals surface area contributed by atoms with Gasteiger partial charge in [-0.3, -0.25) is 0 Å². The van der Waals surface area contributed by atoms with E-state index in [-0.39, 0.29) is 0 Å². The summed E-state index contributed by atoms with van der Waals surface area (Å²) in [7, 11) is 0. The van der Waals surface area contributed by atoms with Gasteiger partial charge in [0.05, 0.1) is 0 Å². The summed E-state index contributed by atoms with van der Waals surface area (Å²) in [5.41, 5.74) is 8.69. The van der Waals surface area contributed by atoms with E-state index in [1.54, 1.807) is 0 Å². The Bertz CT molecular complexity index is 1130. The van der Waals surface area contributed by atoms with Gasteiger partial charge < -0.3 is 0 Å². The molecule has 0 nitrogen and oxygen atoms in total. The topological polar surface area (TPSA) is 0 Å². The maximum atomic E-state index is 2.43. The van der Waals surface area contributed by atoms with E-state index in [0.29, 0.717) is 0 Å². The maximum Gasteiger partial charge on any atom is -0.00923 e.